The molecule has 2 rings (SSSR count). The van der Waals surface area contributed by atoms with Gasteiger partial charge in [0, 0.05) is 12.5 Å². The highest BCUT2D eigenvalue weighted by atomic mass is 32.1. The lowest BCUT2D eigenvalue weighted by Gasteiger charge is -2.02. The van der Waals surface area contributed by atoms with Crippen LogP contribution < -0.4 is 5.73 Å². The van der Waals surface area contributed by atoms with Gasteiger partial charge >= 0.3 is 0 Å². The highest BCUT2D eigenvalue weighted by Gasteiger charge is 2.17. The molecule has 0 aliphatic carbocycles. The highest BCUT2D eigenvalue weighted by molar-refractivity contribution is 7.09. The zero-order chi connectivity index (χ0) is 13.0. The first-order chi connectivity index (χ1) is 8.74. The lowest BCUT2D eigenvalue weighted by atomic mass is 10.2. The summed E-state index contributed by atoms with van der Waals surface area (Å²) < 4.78 is 9.20. The third-order valence-corrected chi connectivity index (χ3v) is 3.43. The molecule has 7 heteroatoms. The highest BCUT2D eigenvalue weighted by Crippen LogP contribution is 2.25. The van der Waals surface area contributed by atoms with Crippen molar-refractivity contribution in [3.63, 3.8) is 0 Å². The number of nitrogens with zero attached hydrogens (tertiary/aromatic N) is 4. The molecule has 1 unspecified atom stereocenters. The molecule has 18 heavy (non-hydrogen) atoms. The van der Waals surface area contributed by atoms with Crippen LogP contribution in [0.5, 0.6) is 0 Å². The van der Waals surface area contributed by atoms with Crippen molar-refractivity contribution in [2.75, 3.05) is 0 Å². The van der Waals surface area contributed by atoms with Crippen molar-refractivity contribution in [3.05, 3.63) is 11.5 Å². The molecule has 98 valence electrons. The number of rotatable bonds is 6. The van der Waals surface area contributed by atoms with Crippen molar-refractivity contribution in [2.24, 2.45) is 5.73 Å². The molecule has 2 aromatic heterocycles. The maximum absolute atomic E-state index is 5.87. The molecule has 0 saturated heterocycles. The van der Waals surface area contributed by atoms with Gasteiger partial charge in [-0.25, -0.2) is 0 Å². The Morgan fingerprint density at radius 1 is 1.39 bits per heavy atom. The van der Waals surface area contributed by atoms with Crippen LogP contribution in [0.25, 0.3) is 10.8 Å². The van der Waals surface area contributed by atoms with Crippen LogP contribution in [-0.4, -0.2) is 25.8 Å². The van der Waals surface area contributed by atoms with Crippen LogP contribution in [0, 0.1) is 0 Å². The minimum Gasteiger partial charge on any atom is -0.333 e. The fourth-order valence-corrected chi connectivity index (χ4v) is 2.21. The first-order valence-corrected chi connectivity index (χ1v) is 6.91. The number of nitrogens with two attached hydrogens (primary N) is 1. The molecule has 2 N–H and O–H groups in total. The Bertz CT molecular complexity index is 495. The smallest absolute Gasteiger partial charge is 0.271 e. The number of hydrogen-bond acceptors (Lipinski definition) is 7. The van der Waals surface area contributed by atoms with Gasteiger partial charge in [0.15, 0.2) is 5.82 Å². The minimum absolute atomic E-state index is 0.0742. The molecular weight excluding hydrogens is 250 g/mol. The number of hydrogen-bond donors (Lipinski definition) is 1. The third-order valence-electron chi connectivity index (χ3n) is 2.67. The van der Waals surface area contributed by atoms with Gasteiger partial charge in [-0.15, -0.1) is 5.10 Å². The minimum atomic E-state index is 0.0742. The van der Waals surface area contributed by atoms with Crippen LogP contribution in [0.4, 0.5) is 0 Å². The van der Waals surface area contributed by atoms with Gasteiger partial charge in [-0.2, -0.15) is 4.98 Å². The van der Waals surface area contributed by atoms with E-state index in [2.05, 4.69) is 26.7 Å². The van der Waals surface area contributed by atoms with E-state index in [1.54, 1.807) is 0 Å². The summed E-state index contributed by atoms with van der Waals surface area (Å²) in [4.78, 5) is 5.23. The molecule has 0 aromatic carbocycles. The lowest BCUT2D eigenvalue weighted by Crippen LogP contribution is -2.21. The number of aryl methyl sites for hydroxylation is 1. The van der Waals surface area contributed by atoms with Crippen LogP contribution in [0.15, 0.2) is 4.52 Å². The van der Waals surface area contributed by atoms with Crippen LogP contribution >= 0.6 is 11.5 Å². The fraction of sp³-hybridized carbons (Fsp3) is 0.636. The summed E-state index contributed by atoms with van der Waals surface area (Å²) in [7, 11) is 0. The van der Waals surface area contributed by atoms with Gasteiger partial charge in [0.1, 0.15) is 4.88 Å². The van der Waals surface area contributed by atoms with Crippen molar-refractivity contribution in [1.82, 2.24) is 19.7 Å². The van der Waals surface area contributed by atoms with Crippen LogP contribution in [0.3, 0.4) is 0 Å². The van der Waals surface area contributed by atoms with Crippen LogP contribution in [0.1, 0.15) is 38.2 Å². The first-order valence-electron chi connectivity index (χ1n) is 6.14. The molecule has 0 bridgehead atoms. The van der Waals surface area contributed by atoms with E-state index in [0.717, 1.165) is 29.8 Å². The molecule has 0 aliphatic heterocycles. The van der Waals surface area contributed by atoms with Crippen molar-refractivity contribution in [1.29, 1.82) is 0 Å². The van der Waals surface area contributed by atoms with Crippen molar-refractivity contribution >= 4 is 11.5 Å². The van der Waals surface area contributed by atoms with Crippen LogP contribution in [-0.2, 0) is 12.8 Å². The Morgan fingerprint density at radius 3 is 2.94 bits per heavy atom. The van der Waals surface area contributed by atoms with E-state index in [9.17, 15) is 0 Å². The van der Waals surface area contributed by atoms with Gasteiger partial charge < -0.3 is 10.3 Å². The van der Waals surface area contributed by atoms with E-state index < -0.39 is 0 Å². The van der Waals surface area contributed by atoms with Crippen molar-refractivity contribution in [2.45, 2.75) is 45.6 Å². The maximum atomic E-state index is 5.87. The second kappa shape index (κ2) is 6.01. The van der Waals surface area contributed by atoms with E-state index in [1.807, 2.05) is 6.92 Å². The molecule has 6 nitrogen and oxygen atoms in total. The lowest BCUT2D eigenvalue weighted by molar-refractivity contribution is 0.419. The van der Waals surface area contributed by atoms with E-state index in [-0.39, 0.29) is 6.04 Å². The summed E-state index contributed by atoms with van der Waals surface area (Å²) in [5.41, 5.74) is 6.80. The summed E-state index contributed by atoms with van der Waals surface area (Å²) in [6.07, 6.45) is 3.42. The molecule has 0 radical (unpaired) electrons. The number of aromatic nitrogens is 4. The zero-order valence-corrected chi connectivity index (χ0v) is 11.4. The molecule has 0 amide bonds. The second-order valence-electron chi connectivity index (χ2n) is 4.19. The second-order valence-corrected chi connectivity index (χ2v) is 4.94. The summed E-state index contributed by atoms with van der Waals surface area (Å²) in [6.45, 7) is 4.14. The van der Waals surface area contributed by atoms with Gasteiger partial charge in [0.25, 0.3) is 5.89 Å². The first kappa shape index (κ1) is 13.1. The Balaban J connectivity index is 2.16. The SMILES string of the molecule is CCCc1nnsc1-c1nc(CC(N)CC)no1. The Hall–Kier alpha value is -1.34. The predicted molar refractivity (Wildman–Crippen MR) is 69.2 cm³/mol. The monoisotopic (exact) mass is 267 g/mol. The summed E-state index contributed by atoms with van der Waals surface area (Å²) >= 11 is 1.29. The predicted octanol–water partition coefficient (Wildman–Crippen LogP) is 1.82. The quantitative estimate of drug-likeness (QED) is 0.858. The third kappa shape index (κ3) is 2.91. The summed E-state index contributed by atoms with van der Waals surface area (Å²) in [5, 5.41) is 8.03. The van der Waals surface area contributed by atoms with E-state index >= 15 is 0 Å². The van der Waals surface area contributed by atoms with Crippen molar-refractivity contribution < 1.29 is 4.52 Å². The van der Waals surface area contributed by atoms with Gasteiger partial charge in [0.05, 0.1) is 5.69 Å². The van der Waals surface area contributed by atoms with Gasteiger partial charge in [-0.3, -0.25) is 0 Å². The Kier molecular flexibility index (Phi) is 4.38. The molecule has 0 fully saturated rings. The Labute approximate surface area is 110 Å². The molecule has 1 atom stereocenters. The molecule has 0 aliphatic rings. The van der Waals surface area contributed by atoms with E-state index in [4.69, 9.17) is 10.3 Å². The normalized spacial score (nSPS) is 12.8. The topological polar surface area (TPSA) is 90.7 Å². The van der Waals surface area contributed by atoms with Crippen LogP contribution in [0.2, 0.25) is 0 Å². The Morgan fingerprint density at radius 2 is 2.22 bits per heavy atom. The fourth-order valence-electron chi connectivity index (χ4n) is 1.58. The van der Waals surface area contributed by atoms with Gasteiger partial charge in [0.2, 0.25) is 0 Å². The zero-order valence-electron chi connectivity index (χ0n) is 10.6. The largest absolute Gasteiger partial charge is 0.333 e. The summed E-state index contributed by atoms with van der Waals surface area (Å²) in [6, 6.07) is 0.0742. The summed E-state index contributed by atoms with van der Waals surface area (Å²) in [5.74, 6) is 1.15. The van der Waals surface area contributed by atoms with E-state index in [1.165, 1.54) is 11.5 Å². The van der Waals surface area contributed by atoms with Crippen molar-refractivity contribution in [3.8, 4) is 10.8 Å². The van der Waals surface area contributed by atoms with E-state index in [0.29, 0.717) is 18.1 Å². The molecule has 0 spiro atoms. The molecule has 2 aromatic rings. The van der Waals surface area contributed by atoms with Gasteiger partial charge in [-0.1, -0.05) is 29.9 Å². The molecule has 0 saturated carbocycles. The average molecular weight is 267 g/mol. The van der Waals surface area contributed by atoms with Gasteiger partial charge in [-0.05, 0) is 24.4 Å². The average Bonchev–Trinajstić information content (AvgIpc) is 2.98. The standard InChI is InChI=1S/C11H17N5OS/c1-3-5-8-10(18-16-14-8)11-13-9(15-17-11)6-7(12)4-2/h7H,3-6,12H2,1-2H3. The molecular formula is C11H17N5OS. The molecule has 2 heterocycles. The maximum Gasteiger partial charge on any atom is 0.271 e.